The molecule has 1 heterocycles. The van der Waals surface area contributed by atoms with Gasteiger partial charge in [-0.25, -0.2) is 0 Å². The largest absolute Gasteiger partial charge is 0.326 e. The van der Waals surface area contributed by atoms with E-state index in [0.29, 0.717) is 12.1 Å². The van der Waals surface area contributed by atoms with E-state index in [-0.39, 0.29) is 0 Å². The highest BCUT2D eigenvalue weighted by Gasteiger charge is 2.18. The molecule has 3 heteroatoms. The summed E-state index contributed by atoms with van der Waals surface area (Å²) in [5.74, 6) is 0. The maximum Gasteiger partial charge on any atom is 0.0182 e. The van der Waals surface area contributed by atoms with E-state index in [1.165, 1.54) is 0 Å². The lowest BCUT2D eigenvalue weighted by Crippen LogP contribution is -2.50. The third-order valence-corrected chi connectivity index (χ3v) is 1.70. The summed E-state index contributed by atoms with van der Waals surface area (Å²) in [6.45, 7) is 1.99. The van der Waals surface area contributed by atoms with Crippen LogP contribution in [-0.2, 0) is 0 Å². The van der Waals surface area contributed by atoms with Crippen molar-refractivity contribution in [2.45, 2.75) is 18.5 Å². The summed E-state index contributed by atoms with van der Waals surface area (Å²) in [6.07, 6.45) is 0.977. The Morgan fingerprint density at radius 2 is 1.67 bits per heavy atom. The molecule has 9 heavy (non-hydrogen) atoms. The van der Waals surface area contributed by atoms with Crippen LogP contribution in [0.4, 0.5) is 0 Å². The molecule has 1 aliphatic rings. The van der Waals surface area contributed by atoms with Crippen molar-refractivity contribution in [1.82, 2.24) is 4.90 Å². The van der Waals surface area contributed by atoms with E-state index in [2.05, 4.69) is 11.9 Å². The zero-order chi connectivity index (χ0) is 6.85. The third-order valence-electron chi connectivity index (χ3n) is 1.70. The Kier molecular flexibility index (Phi) is 2.05. The molecular formula is C6H15N3. The number of rotatable bonds is 0. The predicted octanol–water partition coefficient (Wildman–Crippen LogP) is -1.02. The van der Waals surface area contributed by atoms with E-state index >= 15 is 0 Å². The van der Waals surface area contributed by atoms with E-state index in [9.17, 15) is 0 Å². The molecule has 0 aromatic rings. The van der Waals surface area contributed by atoms with Gasteiger partial charge in [-0.15, -0.1) is 0 Å². The summed E-state index contributed by atoms with van der Waals surface area (Å²) in [5.41, 5.74) is 11.4. The van der Waals surface area contributed by atoms with Crippen molar-refractivity contribution >= 4 is 0 Å². The van der Waals surface area contributed by atoms with Gasteiger partial charge in [-0.3, -0.25) is 0 Å². The summed E-state index contributed by atoms with van der Waals surface area (Å²) in [5, 5.41) is 0. The van der Waals surface area contributed by atoms with Crippen LogP contribution in [0.5, 0.6) is 0 Å². The van der Waals surface area contributed by atoms with Crippen LogP contribution in [-0.4, -0.2) is 37.1 Å². The zero-order valence-electron chi connectivity index (χ0n) is 5.88. The molecule has 0 radical (unpaired) electrons. The lowest BCUT2D eigenvalue weighted by Gasteiger charge is -2.31. The van der Waals surface area contributed by atoms with Crippen LogP contribution in [0.25, 0.3) is 0 Å². The van der Waals surface area contributed by atoms with Gasteiger partial charge in [-0.1, -0.05) is 0 Å². The highest BCUT2D eigenvalue weighted by atomic mass is 15.1. The molecular weight excluding hydrogens is 114 g/mol. The number of likely N-dealkylation sites (N-methyl/N-ethyl adjacent to an activating group) is 1. The number of piperidine rings is 1. The SMILES string of the molecule is CN1C[C@H](N)C[C@H](N)C1. The first-order valence-corrected chi connectivity index (χ1v) is 3.38. The molecule has 0 aromatic heterocycles. The van der Waals surface area contributed by atoms with Crippen molar-refractivity contribution in [3.8, 4) is 0 Å². The molecule has 0 unspecified atom stereocenters. The molecule has 3 nitrogen and oxygen atoms in total. The molecule has 0 saturated carbocycles. The third kappa shape index (κ3) is 1.93. The second-order valence-corrected chi connectivity index (χ2v) is 2.98. The second kappa shape index (κ2) is 2.64. The van der Waals surface area contributed by atoms with Crippen molar-refractivity contribution in [3.05, 3.63) is 0 Å². The van der Waals surface area contributed by atoms with Gasteiger partial charge in [-0.2, -0.15) is 0 Å². The van der Waals surface area contributed by atoms with E-state index in [1.807, 2.05) is 0 Å². The Bertz CT molecular complexity index is 69.3. The first-order chi connectivity index (χ1) is 4.18. The van der Waals surface area contributed by atoms with Gasteiger partial charge in [-0.05, 0) is 13.5 Å². The molecule has 0 spiro atoms. The fourth-order valence-electron chi connectivity index (χ4n) is 1.41. The standard InChI is InChI=1S/C6H15N3/c1-9-3-5(7)2-6(8)4-9/h5-6H,2-4,7-8H2,1H3/t5-,6+. The topological polar surface area (TPSA) is 55.3 Å². The number of nitrogens with zero attached hydrogens (tertiary/aromatic N) is 1. The van der Waals surface area contributed by atoms with E-state index in [4.69, 9.17) is 11.5 Å². The Labute approximate surface area is 56.0 Å². The van der Waals surface area contributed by atoms with Crippen LogP contribution in [0.2, 0.25) is 0 Å². The monoisotopic (exact) mass is 129 g/mol. The van der Waals surface area contributed by atoms with E-state index < -0.39 is 0 Å². The number of hydrogen-bond donors (Lipinski definition) is 2. The summed E-state index contributed by atoms with van der Waals surface area (Å²) in [7, 11) is 2.05. The zero-order valence-corrected chi connectivity index (χ0v) is 5.88. The smallest absolute Gasteiger partial charge is 0.0182 e. The van der Waals surface area contributed by atoms with Gasteiger partial charge in [0.2, 0.25) is 0 Å². The lowest BCUT2D eigenvalue weighted by molar-refractivity contribution is 0.228. The Hall–Kier alpha value is -0.120. The minimum atomic E-state index is 0.291. The molecule has 1 saturated heterocycles. The molecule has 1 aliphatic heterocycles. The van der Waals surface area contributed by atoms with Crippen LogP contribution < -0.4 is 11.5 Å². The molecule has 4 N–H and O–H groups in total. The van der Waals surface area contributed by atoms with Crippen LogP contribution in [0.3, 0.4) is 0 Å². The highest BCUT2D eigenvalue weighted by molar-refractivity contribution is 4.81. The van der Waals surface area contributed by atoms with Crippen molar-refractivity contribution < 1.29 is 0 Å². The molecule has 0 amide bonds. The molecule has 0 aromatic carbocycles. The van der Waals surface area contributed by atoms with Gasteiger partial charge in [0.15, 0.2) is 0 Å². The number of hydrogen-bond acceptors (Lipinski definition) is 3. The van der Waals surface area contributed by atoms with Crippen LogP contribution in [0, 0.1) is 0 Å². The highest BCUT2D eigenvalue weighted by Crippen LogP contribution is 2.03. The number of likely N-dealkylation sites (tertiary alicyclic amines) is 1. The summed E-state index contributed by atoms with van der Waals surface area (Å²) < 4.78 is 0. The maximum absolute atomic E-state index is 5.69. The quantitative estimate of drug-likeness (QED) is 0.440. The van der Waals surface area contributed by atoms with Crippen molar-refractivity contribution in [1.29, 1.82) is 0 Å². The average molecular weight is 129 g/mol. The van der Waals surface area contributed by atoms with Crippen molar-refractivity contribution in [3.63, 3.8) is 0 Å². The summed E-state index contributed by atoms with van der Waals surface area (Å²) in [4.78, 5) is 2.18. The molecule has 0 bridgehead atoms. The Morgan fingerprint density at radius 3 is 2.00 bits per heavy atom. The van der Waals surface area contributed by atoms with Gasteiger partial charge in [0.05, 0.1) is 0 Å². The molecule has 54 valence electrons. The lowest BCUT2D eigenvalue weighted by atomic mass is 10.0. The predicted molar refractivity (Wildman–Crippen MR) is 38.1 cm³/mol. The van der Waals surface area contributed by atoms with E-state index in [0.717, 1.165) is 19.5 Å². The molecule has 1 fully saturated rings. The average Bonchev–Trinajstić information content (AvgIpc) is 1.59. The summed E-state index contributed by atoms with van der Waals surface area (Å²) in [6, 6.07) is 0.581. The minimum absolute atomic E-state index is 0.291. The van der Waals surface area contributed by atoms with Gasteiger partial charge in [0.25, 0.3) is 0 Å². The van der Waals surface area contributed by atoms with Gasteiger partial charge in [0.1, 0.15) is 0 Å². The molecule has 1 rings (SSSR count). The first-order valence-electron chi connectivity index (χ1n) is 3.38. The van der Waals surface area contributed by atoms with Gasteiger partial charge >= 0.3 is 0 Å². The molecule has 0 aliphatic carbocycles. The second-order valence-electron chi connectivity index (χ2n) is 2.98. The number of nitrogens with two attached hydrogens (primary N) is 2. The van der Waals surface area contributed by atoms with E-state index in [1.54, 1.807) is 0 Å². The van der Waals surface area contributed by atoms with Crippen molar-refractivity contribution in [2.75, 3.05) is 20.1 Å². The minimum Gasteiger partial charge on any atom is -0.326 e. The van der Waals surface area contributed by atoms with Crippen molar-refractivity contribution in [2.24, 2.45) is 11.5 Å². The van der Waals surface area contributed by atoms with Gasteiger partial charge < -0.3 is 16.4 Å². The van der Waals surface area contributed by atoms with Crippen LogP contribution in [0.15, 0.2) is 0 Å². The normalized spacial score (nSPS) is 39.0. The fourth-order valence-corrected chi connectivity index (χ4v) is 1.41. The van der Waals surface area contributed by atoms with Crippen LogP contribution in [0.1, 0.15) is 6.42 Å². The maximum atomic E-state index is 5.69. The van der Waals surface area contributed by atoms with Gasteiger partial charge in [0, 0.05) is 25.2 Å². The molecule has 2 atom stereocenters. The summed E-state index contributed by atoms with van der Waals surface area (Å²) >= 11 is 0. The Balaban J connectivity index is 2.34. The first kappa shape index (κ1) is 6.99. The fraction of sp³-hybridized carbons (Fsp3) is 1.00. The Morgan fingerprint density at radius 1 is 1.22 bits per heavy atom. The van der Waals surface area contributed by atoms with Crippen LogP contribution >= 0.6 is 0 Å².